The molecule has 0 aliphatic rings. The fourth-order valence-corrected chi connectivity index (χ4v) is 1.48. The lowest BCUT2D eigenvalue weighted by Gasteiger charge is -2.05. The molecule has 66 valence electrons. The Balaban J connectivity index is 3.05. The Kier molecular flexibility index (Phi) is 1.59. The second kappa shape index (κ2) is 2.62. The summed E-state index contributed by atoms with van der Waals surface area (Å²) in [5.74, 6) is 0. The van der Waals surface area contributed by atoms with E-state index in [1.807, 2.05) is 12.1 Å². The summed E-state index contributed by atoms with van der Waals surface area (Å²) in [5.41, 5.74) is 7.17. The van der Waals surface area contributed by atoms with Gasteiger partial charge in [-0.2, -0.15) is 0 Å². The van der Waals surface area contributed by atoms with Crippen molar-refractivity contribution in [3.8, 4) is 0 Å². The van der Waals surface area contributed by atoms with E-state index in [0.717, 1.165) is 10.9 Å². The Morgan fingerprint density at radius 1 is 1.23 bits per heavy atom. The second-order valence-electron chi connectivity index (χ2n) is 3.02. The molecule has 2 N–H and O–H groups in total. The molecule has 13 heavy (non-hydrogen) atoms. The zero-order valence-electron chi connectivity index (χ0n) is 7.32. The number of benzene rings is 1. The van der Waals surface area contributed by atoms with Crippen molar-refractivity contribution in [2.24, 2.45) is 7.05 Å². The summed E-state index contributed by atoms with van der Waals surface area (Å²) < 4.78 is 1.56. The molecule has 0 fully saturated rings. The number of hydrogen-bond donors (Lipinski definition) is 1. The van der Waals surface area contributed by atoms with Crippen LogP contribution in [0.4, 0.5) is 5.69 Å². The van der Waals surface area contributed by atoms with Crippen molar-refractivity contribution in [1.82, 2.24) is 4.57 Å². The van der Waals surface area contributed by atoms with Crippen LogP contribution in [0.3, 0.4) is 0 Å². The molecule has 2 aromatic rings. The number of nitrogen functional groups attached to an aromatic ring is 1. The number of nitrogens with two attached hydrogens (primary N) is 1. The van der Waals surface area contributed by atoms with Crippen molar-refractivity contribution < 1.29 is 0 Å². The van der Waals surface area contributed by atoms with Crippen molar-refractivity contribution in [3.05, 3.63) is 40.7 Å². The van der Waals surface area contributed by atoms with Crippen molar-refractivity contribution in [2.75, 3.05) is 5.73 Å². The van der Waals surface area contributed by atoms with Crippen LogP contribution >= 0.6 is 0 Å². The molecule has 0 amide bonds. The number of pyridine rings is 1. The number of nitrogens with zero attached hydrogens (tertiary/aromatic N) is 1. The maximum absolute atomic E-state index is 11.3. The van der Waals surface area contributed by atoms with Crippen LogP contribution in [0.15, 0.2) is 35.1 Å². The topological polar surface area (TPSA) is 48.0 Å². The summed E-state index contributed by atoms with van der Waals surface area (Å²) in [7, 11) is 1.72. The first kappa shape index (κ1) is 7.86. The van der Waals surface area contributed by atoms with Crippen molar-refractivity contribution in [3.63, 3.8) is 0 Å². The smallest absolute Gasteiger partial charge is 0.250 e. The minimum Gasteiger partial charge on any atom is -0.397 e. The number of aryl methyl sites for hydroxylation is 1. The lowest BCUT2D eigenvalue weighted by atomic mass is 10.2. The molecule has 1 heterocycles. The summed E-state index contributed by atoms with van der Waals surface area (Å²) in [5, 5.41) is 0.988. The molecule has 0 saturated heterocycles. The van der Waals surface area contributed by atoms with Crippen molar-refractivity contribution in [2.45, 2.75) is 0 Å². The lowest BCUT2D eigenvalue weighted by Crippen LogP contribution is -2.15. The largest absolute Gasteiger partial charge is 0.397 e. The van der Waals surface area contributed by atoms with E-state index in [1.165, 1.54) is 0 Å². The Morgan fingerprint density at radius 2 is 2.00 bits per heavy atom. The van der Waals surface area contributed by atoms with Crippen LogP contribution in [0.25, 0.3) is 10.9 Å². The van der Waals surface area contributed by atoms with E-state index in [0.29, 0.717) is 5.69 Å². The van der Waals surface area contributed by atoms with Gasteiger partial charge in [-0.1, -0.05) is 12.1 Å². The molecule has 3 heteroatoms. The van der Waals surface area contributed by atoms with Gasteiger partial charge in [0.2, 0.25) is 0 Å². The number of anilines is 1. The zero-order valence-corrected chi connectivity index (χ0v) is 7.32. The zero-order chi connectivity index (χ0) is 9.42. The Bertz CT molecular complexity index is 514. The van der Waals surface area contributed by atoms with Crippen LogP contribution in [-0.4, -0.2) is 4.57 Å². The standard InChI is InChI=1S/C10H10N2O/c1-12-9(13)6-5-7-3-2-4-8(11)10(7)12/h2-6H,11H2,1H3. The molecule has 1 aromatic carbocycles. The quantitative estimate of drug-likeness (QED) is 0.608. The summed E-state index contributed by atoms with van der Waals surface area (Å²) in [6.45, 7) is 0. The third kappa shape index (κ3) is 1.09. The molecule has 2 rings (SSSR count). The molecule has 0 radical (unpaired) electrons. The molecule has 0 spiro atoms. The second-order valence-corrected chi connectivity index (χ2v) is 3.02. The molecule has 0 aliphatic carbocycles. The number of hydrogen-bond acceptors (Lipinski definition) is 2. The molecule has 0 unspecified atom stereocenters. The van der Waals surface area contributed by atoms with Gasteiger partial charge in [-0.3, -0.25) is 4.79 Å². The van der Waals surface area contributed by atoms with Gasteiger partial charge in [0.25, 0.3) is 5.56 Å². The molecule has 0 saturated carbocycles. The fourth-order valence-electron chi connectivity index (χ4n) is 1.48. The van der Waals surface area contributed by atoms with Crippen LogP contribution in [0.5, 0.6) is 0 Å². The highest BCUT2D eigenvalue weighted by atomic mass is 16.1. The van der Waals surface area contributed by atoms with Gasteiger partial charge in [0.1, 0.15) is 0 Å². The van der Waals surface area contributed by atoms with Crippen molar-refractivity contribution >= 4 is 16.6 Å². The SMILES string of the molecule is Cn1c(=O)ccc2cccc(N)c21. The number of rotatable bonds is 0. The Morgan fingerprint density at radius 3 is 2.77 bits per heavy atom. The van der Waals surface area contributed by atoms with E-state index in [2.05, 4.69) is 0 Å². The maximum Gasteiger partial charge on any atom is 0.250 e. The average molecular weight is 174 g/mol. The van der Waals surface area contributed by atoms with Gasteiger partial charge in [0, 0.05) is 18.5 Å². The Hall–Kier alpha value is -1.77. The third-order valence-corrected chi connectivity index (χ3v) is 2.17. The highest BCUT2D eigenvalue weighted by molar-refractivity contribution is 5.89. The minimum atomic E-state index is -0.0367. The van der Waals surface area contributed by atoms with Gasteiger partial charge >= 0.3 is 0 Å². The van der Waals surface area contributed by atoms with Crippen LogP contribution in [-0.2, 0) is 7.05 Å². The van der Waals surface area contributed by atoms with Gasteiger partial charge in [0.05, 0.1) is 11.2 Å². The van der Waals surface area contributed by atoms with E-state index in [4.69, 9.17) is 5.73 Å². The fraction of sp³-hybridized carbons (Fsp3) is 0.100. The summed E-state index contributed by atoms with van der Waals surface area (Å²) in [4.78, 5) is 11.3. The molecule has 3 nitrogen and oxygen atoms in total. The first-order valence-corrected chi connectivity index (χ1v) is 4.04. The highest BCUT2D eigenvalue weighted by Crippen LogP contribution is 2.17. The Labute approximate surface area is 75.4 Å². The van der Waals surface area contributed by atoms with Gasteiger partial charge in [-0.15, -0.1) is 0 Å². The summed E-state index contributed by atoms with van der Waals surface area (Å²) >= 11 is 0. The maximum atomic E-state index is 11.3. The molecular formula is C10H10N2O. The summed E-state index contributed by atoms with van der Waals surface area (Å²) in [6, 6.07) is 8.94. The summed E-state index contributed by atoms with van der Waals surface area (Å²) in [6.07, 6.45) is 0. The van der Waals surface area contributed by atoms with E-state index in [-0.39, 0.29) is 5.56 Å². The van der Waals surface area contributed by atoms with Crippen LogP contribution in [0.2, 0.25) is 0 Å². The van der Waals surface area contributed by atoms with Crippen LogP contribution in [0, 0.1) is 0 Å². The minimum absolute atomic E-state index is 0.0367. The number of aromatic nitrogens is 1. The van der Waals surface area contributed by atoms with E-state index in [1.54, 1.807) is 29.8 Å². The molecule has 0 aliphatic heterocycles. The molecule has 0 atom stereocenters. The van der Waals surface area contributed by atoms with Crippen LogP contribution in [0.1, 0.15) is 0 Å². The lowest BCUT2D eigenvalue weighted by molar-refractivity contribution is 0.907. The highest BCUT2D eigenvalue weighted by Gasteiger charge is 2.00. The monoisotopic (exact) mass is 174 g/mol. The van der Waals surface area contributed by atoms with E-state index < -0.39 is 0 Å². The molecular weight excluding hydrogens is 164 g/mol. The van der Waals surface area contributed by atoms with Gasteiger partial charge < -0.3 is 10.3 Å². The number of fused-ring (bicyclic) bond motifs is 1. The number of para-hydroxylation sites is 1. The van der Waals surface area contributed by atoms with Crippen molar-refractivity contribution in [1.29, 1.82) is 0 Å². The van der Waals surface area contributed by atoms with Gasteiger partial charge in [-0.05, 0) is 12.1 Å². The van der Waals surface area contributed by atoms with E-state index >= 15 is 0 Å². The van der Waals surface area contributed by atoms with E-state index in [9.17, 15) is 4.79 Å². The van der Waals surface area contributed by atoms with Gasteiger partial charge in [-0.25, -0.2) is 0 Å². The van der Waals surface area contributed by atoms with Gasteiger partial charge in [0.15, 0.2) is 0 Å². The first-order chi connectivity index (χ1) is 6.20. The first-order valence-electron chi connectivity index (χ1n) is 4.04. The normalized spacial score (nSPS) is 10.5. The molecule has 0 bridgehead atoms. The van der Waals surface area contributed by atoms with Crippen LogP contribution < -0.4 is 11.3 Å². The average Bonchev–Trinajstić information content (AvgIpc) is 2.12. The molecule has 1 aromatic heterocycles. The predicted molar refractivity (Wildman–Crippen MR) is 53.6 cm³/mol. The predicted octanol–water partition coefficient (Wildman–Crippen LogP) is 1.12. The third-order valence-electron chi connectivity index (χ3n) is 2.17.